The Morgan fingerprint density at radius 1 is 1.09 bits per heavy atom. The fraction of sp³-hybridized carbons (Fsp3) is 0.211. The topological polar surface area (TPSA) is 49.3 Å². The highest BCUT2D eigenvalue weighted by Gasteiger charge is 2.39. The Hall–Kier alpha value is -2.55. The molecule has 0 amide bonds. The van der Waals surface area contributed by atoms with Crippen LogP contribution in [0.3, 0.4) is 0 Å². The van der Waals surface area contributed by atoms with E-state index in [-0.39, 0.29) is 6.04 Å². The van der Waals surface area contributed by atoms with Gasteiger partial charge in [0.2, 0.25) is 0 Å². The summed E-state index contributed by atoms with van der Waals surface area (Å²) >= 11 is 0. The number of nitrogens with one attached hydrogen (secondary N) is 1. The lowest BCUT2D eigenvalue weighted by Crippen LogP contribution is -2.30. The van der Waals surface area contributed by atoms with Crippen molar-refractivity contribution in [1.29, 1.82) is 0 Å². The molecule has 3 heteroatoms. The van der Waals surface area contributed by atoms with Crippen molar-refractivity contribution in [3.8, 4) is 0 Å². The van der Waals surface area contributed by atoms with Crippen molar-refractivity contribution >= 4 is 11.7 Å². The monoisotopic (exact) mass is 291 g/mol. The SMILES string of the molecule is O=C(O)c1cccc2c1N[C@H](c1ccccc1)[C@@H]1CC=C[C@H]21. The van der Waals surface area contributed by atoms with E-state index in [0.717, 1.165) is 17.7 Å². The number of hydrogen-bond acceptors (Lipinski definition) is 2. The van der Waals surface area contributed by atoms with Crippen LogP contribution in [-0.4, -0.2) is 11.1 Å². The van der Waals surface area contributed by atoms with Crippen molar-refractivity contribution in [3.05, 3.63) is 77.4 Å². The Bertz CT molecular complexity index is 751. The molecular weight excluding hydrogens is 274 g/mol. The summed E-state index contributed by atoms with van der Waals surface area (Å²) in [4.78, 5) is 11.6. The molecule has 1 aliphatic heterocycles. The summed E-state index contributed by atoms with van der Waals surface area (Å²) < 4.78 is 0. The second-order valence-corrected chi connectivity index (χ2v) is 5.96. The Balaban J connectivity index is 1.85. The van der Waals surface area contributed by atoms with E-state index < -0.39 is 5.97 Å². The molecule has 2 aromatic rings. The van der Waals surface area contributed by atoms with Gasteiger partial charge in [0.15, 0.2) is 0 Å². The van der Waals surface area contributed by atoms with E-state index in [2.05, 4.69) is 29.6 Å². The third kappa shape index (κ3) is 1.93. The number of aromatic carboxylic acids is 1. The minimum atomic E-state index is -0.878. The van der Waals surface area contributed by atoms with Crippen LogP contribution in [0.25, 0.3) is 0 Å². The largest absolute Gasteiger partial charge is 0.478 e. The van der Waals surface area contributed by atoms with Crippen LogP contribution in [0, 0.1) is 5.92 Å². The predicted molar refractivity (Wildman–Crippen MR) is 86.2 cm³/mol. The van der Waals surface area contributed by atoms with Gasteiger partial charge in [-0.15, -0.1) is 0 Å². The van der Waals surface area contributed by atoms with Crippen molar-refractivity contribution in [2.45, 2.75) is 18.4 Å². The zero-order valence-corrected chi connectivity index (χ0v) is 12.1. The molecule has 110 valence electrons. The van der Waals surface area contributed by atoms with Gasteiger partial charge in [-0.3, -0.25) is 0 Å². The van der Waals surface area contributed by atoms with Crippen molar-refractivity contribution in [2.24, 2.45) is 5.92 Å². The minimum absolute atomic E-state index is 0.147. The molecule has 0 bridgehead atoms. The van der Waals surface area contributed by atoms with Crippen LogP contribution in [0.4, 0.5) is 5.69 Å². The Morgan fingerprint density at radius 3 is 2.68 bits per heavy atom. The van der Waals surface area contributed by atoms with Crippen LogP contribution >= 0.6 is 0 Å². The molecule has 0 spiro atoms. The van der Waals surface area contributed by atoms with Gasteiger partial charge in [-0.25, -0.2) is 4.79 Å². The molecule has 2 aromatic carbocycles. The van der Waals surface area contributed by atoms with Gasteiger partial charge in [0.1, 0.15) is 0 Å². The van der Waals surface area contributed by atoms with Crippen molar-refractivity contribution < 1.29 is 9.90 Å². The summed E-state index contributed by atoms with van der Waals surface area (Å²) in [5.41, 5.74) is 3.45. The Kier molecular flexibility index (Phi) is 3.00. The maximum atomic E-state index is 11.6. The highest BCUT2D eigenvalue weighted by Crippen LogP contribution is 2.50. The quantitative estimate of drug-likeness (QED) is 0.815. The van der Waals surface area contributed by atoms with E-state index in [4.69, 9.17) is 0 Å². The molecule has 22 heavy (non-hydrogen) atoms. The minimum Gasteiger partial charge on any atom is -0.478 e. The third-order valence-corrected chi connectivity index (χ3v) is 4.79. The number of carbonyl (C=O) groups is 1. The molecule has 2 aliphatic rings. The number of para-hydroxylation sites is 1. The fourth-order valence-corrected chi connectivity index (χ4v) is 3.79. The van der Waals surface area contributed by atoms with Crippen LogP contribution < -0.4 is 5.32 Å². The molecular formula is C19H17NO2. The lowest BCUT2D eigenvalue weighted by molar-refractivity contribution is 0.0697. The zero-order chi connectivity index (χ0) is 15.1. The summed E-state index contributed by atoms with van der Waals surface area (Å²) in [7, 11) is 0. The molecule has 1 aliphatic carbocycles. The summed E-state index contributed by atoms with van der Waals surface area (Å²) in [6, 6.07) is 16.0. The normalized spacial score (nSPS) is 25.2. The molecule has 4 rings (SSSR count). The predicted octanol–water partition coefficient (Wildman–Crippen LogP) is 4.21. The molecule has 3 atom stereocenters. The van der Waals surface area contributed by atoms with E-state index in [1.807, 2.05) is 30.3 Å². The first-order valence-electron chi connectivity index (χ1n) is 7.60. The van der Waals surface area contributed by atoms with Gasteiger partial charge in [0, 0.05) is 5.92 Å². The second-order valence-electron chi connectivity index (χ2n) is 5.96. The van der Waals surface area contributed by atoms with Gasteiger partial charge in [-0.2, -0.15) is 0 Å². The number of fused-ring (bicyclic) bond motifs is 3. The maximum absolute atomic E-state index is 11.6. The van der Waals surface area contributed by atoms with Crippen LogP contribution in [0.1, 0.15) is 39.9 Å². The molecule has 0 radical (unpaired) electrons. The van der Waals surface area contributed by atoms with Gasteiger partial charge < -0.3 is 10.4 Å². The highest BCUT2D eigenvalue weighted by molar-refractivity contribution is 5.95. The highest BCUT2D eigenvalue weighted by atomic mass is 16.4. The number of hydrogen-bond donors (Lipinski definition) is 2. The van der Waals surface area contributed by atoms with Crippen molar-refractivity contribution in [3.63, 3.8) is 0 Å². The molecule has 1 heterocycles. The lowest BCUT2D eigenvalue weighted by Gasteiger charge is -2.38. The first kappa shape index (κ1) is 13.1. The Morgan fingerprint density at radius 2 is 1.91 bits per heavy atom. The van der Waals surface area contributed by atoms with Gasteiger partial charge >= 0.3 is 5.97 Å². The van der Waals surface area contributed by atoms with Gasteiger partial charge in [-0.1, -0.05) is 54.6 Å². The smallest absolute Gasteiger partial charge is 0.337 e. The summed E-state index contributed by atoms with van der Waals surface area (Å²) in [6.45, 7) is 0. The maximum Gasteiger partial charge on any atom is 0.337 e. The van der Waals surface area contributed by atoms with Gasteiger partial charge in [-0.05, 0) is 29.5 Å². The number of carboxylic acids is 1. The Labute approximate surface area is 129 Å². The van der Waals surface area contributed by atoms with Crippen LogP contribution in [0.2, 0.25) is 0 Å². The molecule has 2 N–H and O–H groups in total. The van der Waals surface area contributed by atoms with E-state index in [0.29, 0.717) is 17.4 Å². The standard InChI is InChI=1S/C19H17NO2/c21-19(22)16-11-5-10-15-13-8-4-9-14(13)17(20-18(15)16)12-6-2-1-3-7-12/h1-8,10-11,13-14,17,20H,9H2,(H,21,22)/t13-,14+,17+/m0/s1. The first-order chi connectivity index (χ1) is 10.8. The molecule has 3 nitrogen and oxygen atoms in total. The van der Waals surface area contributed by atoms with Crippen molar-refractivity contribution in [1.82, 2.24) is 0 Å². The van der Waals surface area contributed by atoms with Gasteiger partial charge in [0.05, 0.1) is 17.3 Å². The zero-order valence-electron chi connectivity index (χ0n) is 12.1. The van der Waals surface area contributed by atoms with E-state index >= 15 is 0 Å². The third-order valence-electron chi connectivity index (χ3n) is 4.79. The number of allylic oxidation sites excluding steroid dienone is 2. The van der Waals surface area contributed by atoms with Crippen LogP contribution in [0.5, 0.6) is 0 Å². The molecule has 0 fully saturated rings. The number of carboxylic acid groups (broad SMARTS) is 1. The van der Waals surface area contributed by atoms with Crippen molar-refractivity contribution in [2.75, 3.05) is 5.32 Å². The average Bonchev–Trinajstić information content (AvgIpc) is 3.04. The second kappa shape index (κ2) is 5.02. The summed E-state index contributed by atoms with van der Waals surface area (Å²) in [6.07, 6.45) is 5.47. The molecule has 0 unspecified atom stereocenters. The molecule has 0 saturated heterocycles. The molecule has 0 saturated carbocycles. The van der Waals surface area contributed by atoms with E-state index in [9.17, 15) is 9.90 Å². The van der Waals surface area contributed by atoms with Gasteiger partial charge in [0.25, 0.3) is 0 Å². The number of rotatable bonds is 2. The summed E-state index contributed by atoms with van der Waals surface area (Å²) in [5.74, 6) is -0.142. The lowest BCUT2D eigenvalue weighted by atomic mass is 9.76. The van der Waals surface area contributed by atoms with Crippen LogP contribution in [0.15, 0.2) is 60.7 Å². The van der Waals surface area contributed by atoms with E-state index in [1.165, 1.54) is 5.56 Å². The first-order valence-corrected chi connectivity index (χ1v) is 7.60. The fourth-order valence-electron chi connectivity index (χ4n) is 3.79. The average molecular weight is 291 g/mol. The van der Waals surface area contributed by atoms with E-state index in [1.54, 1.807) is 6.07 Å². The van der Waals surface area contributed by atoms with Crippen LogP contribution in [-0.2, 0) is 0 Å². The molecule has 0 aromatic heterocycles. The summed E-state index contributed by atoms with van der Waals surface area (Å²) in [5, 5.41) is 13.0. The number of benzene rings is 2. The number of anilines is 1.